The molecule has 1 aliphatic heterocycles. The molecular formula is C33H42O5S. The van der Waals surface area contributed by atoms with E-state index in [1.807, 2.05) is 12.1 Å². The number of thioether (sulfide) groups is 1. The maximum Gasteiger partial charge on any atom is 0.178 e. The molecule has 3 saturated carbocycles. The first-order chi connectivity index (χ1) is 18.7. The van der Waals surface area contributed by atoms with Crippen molar-refractivity contribution in [3.63, 3.8) is 0 Å². The number of aliphatic hydroxyl groups is 1. The third-order valence-corrected chi connectivity index (χ3v) is 11.8. The van der Waals surface area contributed by atoms with Crippen LogP contribution in [0.3, 0.4) is 0 Å². The zero-order valence-corrected chi connectivity index (χ0v) is 24.3. The van der Waals surface area contributed by atoms with E-state index in [0.29, 0.717) is 12.2 Å². The number of carbonyl (C=O) groups excluding carboxylic acids is 2. The zero-order chi connectivity index (χ0) is 27.4. The van der Waals surface area contributed by atoms with Crippen molar-refractivity contribution < 1.29 is 24.2 Å². The van der Waals surface area contributed by atoms with Crippen molar-refractivity contribution in [1.29, 1.82) is 0 Å². The van der Waals surface area contributed by atoms with Gasteiger partial charge in [-0.05, 0) is 73.8 Å². The van der Waals surface area contributed by atoms with E-state index in [0.717, 1.165) is 49.9 Å². The van der Waals surface area contributed by atoms with Crippen LogP contribution in [-0.2, 0) is 25.5 Å². The van der Waals surface area contributed by atoms with Crippen molar-refractivity contribution in [2.24, 2.45) is 28.6 Å². The number of aryl methyl sites for hydroxylation is 1. The average Bonchev–Trinajstić information content (AvgIpc) is 3.39. The van der Waals surface area contributed by atoms with Crippen LogP contribution in [0.15, 0.2) is 54.1 Å². The molecule has 5 nitrogen and oxygen atoms in total. The monoisotopic (exact) mass is 550 g/mol. The van der Waals surface area contributed by atoms with E-state index in [1.165, 1.54) is 5.56 Å². The van der Waals surface area contributed by atoms with E-state index in [9.17, 15) is 14.7 Å². The molecule has 1 saturated heterocycles. The number of rotatable bonds is 8. The van der Waals surface area contributed by atoms with Crippen LogP contribution in [0.4, 0.5) is 0 Å². The highest BCUT2D eigenvalue weighted by Gasteiger charge is 2.75. The largest absolute Gasteiger partial charge is 0.393 e. The number of ether oxygens (including phenoxy) is 2. The quantitative estimate of drug-likeness (QED) is 0.419. The lowest BCUT2D eigenvalue weighted by Gasteiger charge is -2.59. The summed E-state index contributed by atoms with van der Waals surface area (Å²) in [5.74, 6) is 1.94. The van der Waals surface area contributed by atoms with E-state index < -0.39 is 17.1 Å². The second-order valence-electron chi connectivity index (χ2n) is 12.9. The van der Waals surface area contributed by atoms with Crippen LogP contribution >= 0.6 is 11.8 Å². The summed E-state index contributed by atoms with van der Waals surface area (Å²) in [5.41, 5.74) is 0.589. The first-order valence-electron chi connectivity index (χ1n) is 14.8. The van der Waals surface area contributed by atoms with Gasteiger partial charge in [0, 0.05) is 16.7 Å². The second kappa shape index (κ2) is 10.3. The number of benzene rings is 1. The van der Waals surface area contributed by atoms with Gasteiger partial charge >= 0.3 is 0 Å². The van der Waals surface area contributed by atoms with Crippen LogP contribution < -0.4 is 0 Å². The van der Waals surface area contributed by atoms with Crippen LogP contribution in [0.5, 0.6) is 0 Å². The molecule has 6 rings (SSSR count). The molecule has 4 aliphatic carbocycles. The van der Waals surface area contributed by atoms with Crippen molar-refractivity contribution >= 4 is 23.3 Å². The van der Waals surface area contributed by atoms with Crippen LogP contribution in [0, 0.1) is 28.6 Å². The molecule has 0 spiro atoms. The first kappa shape index (κ1) is 27.4. The maximum absolute atomic E-state index is 14.3. The van der Waals surface area contributed by atoms with Crippen LogP contribution in [-0.4, -0.2) is 52.3 Å². The Kier molecular flexibility index (Phi) is 7.23. The normalized spacial score (nSPS) is 42.4. The summed E-state index contributed by atoms with van der Waals surface area (Å²) < 4.78 is 13.3. The number of allylic oxidation sites excluding steroid dienone is 4. The van der Waals surface area contributed by atoms with Crippen molar-refractivity contribution in [2.45, 2.75) is 89.8 Å². The Hall–Kier alpha value is -1.73. The minimum absolute atomic E-state index is 0.0255. The Morgan fingerprint density at radius 2 is 2.00 bits per heavy atom. The first-order valence-corrected chi connectivity index (χ1v) is 16.0. The number of ketones is 2. The average molecular weight is 551 g/mol. The van der Waals surface area contributed by atoms with E-state index in [2.05, 4.69) is 45.0 Å². The standard InChI is InChI=1S/C33H42O5S/c1-4-8-29-37-28-18-25-24-12-11-22-17-23(34)13-15-31(22,2)30(24)26(35)19-32(25,3)33(28,38-29)27(36)20-39-16-14-21-9-6-5-7-10-21/h5-7,9-10,13,15,17,24-26,28-30,35H,4,8,11-12,14,16,18-20H2,1-3H3/t24?,25?,26-,28+,29?,30?,31?,32?,33+/m0/s1. The van der Waals surface area contributed by atoms with Crippen LogP contribution in [0.2, 0.25) is 0 Å². The fourth-order valence-corrected chi connectivity index (χ4v) is 10.0. The highest BCUT2D eigenvalue weighted by molar-refractivity contribution is 7.99. The Labute approximate surface area is 236 Å². The molecule has 0 bridgehead atoms. The van der Waals surface area contributed by atoms with Crippen LogP contribution in [0.25, 0.3) is 0 Å². The number of hydrogen-bond acceptors (Lipinski definition) is 6. The van der Waals surface area contributed by atoms with Gasteiger partial charge in [-0.2, -0.15) is 11.8 Å². The third kappa shape index (κ3) is 4.24. The maximum atomic E-state index is 14.3. The summed E-state index contributed by atoms with van der Waals surface area (Å²) in [7, 11) is 0. The molecule has 4 fully saturated rings. The Morgan fingerprint density at radius 3 is 2.77 bits per heavy atom. The predicted octanol–water partition coefficient (Wildman–Crippen LogP) is 5.70. The van der Waals surface area contributed by atoms with E-state index >= 15 is 0 Å². The molecule has 6 unspecified atom stereocenters. The minimum atomic E-state index is -1.02. The molecule has 210 valence electrons. The van der Waals surface area contributed by atoms with Gasteiger partial charge in [0.05, 0.1) is 18.0 Å². The topological polar surface area (TPSA) is 72.8 Å². The van der Waals surface area contributed by atoms with Gasteiger partial charge in [-0.15, -0.1) is 0 Å². The number of Topliss-reactive ketones (excluding diaryl/α,β-unsaturated/α-hetero) is 1. The molecule has 1 aromatic carbocycles. The summed E-state index contributed by atoms with van der Waals surface area (Å²) in [6.45, 7) is 6.51. The molecule has 0 aromatic heterocycles. The van der Waals surface area contributed by atoms with Crippen LogP contribution in [0.1, 0.15) is 64.9 Å². The molecule has 1 aromatic rings. The van der Waals surface area contributed by atoms with E-state index in [1.54, 1.807) is 23.9 Å². The summed E-state index contributed by atoms with van der Waals surface area (Å²) in [4.78, 5) is 26.5. The lowest BCUT2D eigenvalue weighted by Crippen LogP contribution is -2.63. The fourth-order valence-electron chi connectivity index (χ4n) is 9.11. The van der Waals surface area contributed by atoms with Gasteiger partial charge in [0.2, 0.25) is 0 Å². The summed E-state index contributed by atoms with van der Waals surface area (Å²) in [6.07, 6.45) is 10.0. The highest BCUT2D eigenvalue weighted by atomic mass is 32.2. The number of carbonyl (C=O) groups is 2. The lowest BCUT2D eigenvalue weighted by molar-refractivity contribution is -0.197. The number of aliphatic hydroxyl groups excluding tert-OH is 1. The number of hydrogen-bond donors (Lipinski definition) is 1. The van der Waals surface area contributed by atoms with Crippen molar-refractivity contribution in [1.82, 2.24) is 0 Å². The third-order valence-electron chi connectivity index (χ3n) is 10.8. The molecule has 6 heteroatoms. The van der Waals surface area contributed by atoms with Gasteiger partial charge in [0.1, 0.15) is 0 Å². The molecule has 9 atom stereocenters. The molecular weight excluding hydrogens is 508 g/mol. The summed E-state index contributed by atoms with van der Waals surface area (Å²) >= 11 is 1.68. The van der Waals surface area contributed by atoms with Gasteiger partial charge in [0.25, 0.3) is 0 Å². The van der Waals surface area contributed by atoms with Gasteiger partial charge in [-0.1, -0.05) is 69.2 Å². The Bertz CT molecular complexity index is 1180. The van der Waals surface area contributed by atoms with E-state index in [4.69, 9.17) is 9.47 Å². The second-order valence-corrected chi connectivity index (χ2v) is 14.0. The van der Waals surface area contributed by atoms with Crippen molar-refractivity contribution in [3.05, 3.63) is 59.7 Å². The summed E-state index contributed by atoms with van der Waals surface area (Å²) in [6, 6.07) is 10.4. The van der Waals surface area contributed by atoms with Gasteiger partial charge in [0.15, 0.2) is 23.5 Å². The Morgan fingerprint density at radius 1 is 1.21 bits per heavy atom. The zero-order valence-electron chi connectivity index (χ0n) is 23.4. The lowest BCUT2D eigenvalue weighted by atomic mass is 9.46. The minimum Gasteiger partial charge on any atom is -0.393 e. The van der Waals surface area contributed by atoms with E-state index in [-0.39, 0.29) is 47.1 Å². The number of fused-ring (bicyclic) bond motifs is 7. The SMILES string of the molecule is CCCC1O[C@@H]2CC3C4CCC5=CC(=O)C=CC5(C)C4[C@@H](O)CC3(C)[C@]2(C(=O)CSCCc2ccccc2)O1. The highest BCUT2D eigenvalue weighted by Crippen LogP contribution is 2.69. The van der Waals surface area contributed by atoms with Gasteiger partial charge < -0.3 is 14.6 Å². The molecule has 39 heavy (non-hydrogen) atoms. The van der Waals surface area contributed by atoms with Gasteiger partial charge in [-0.25, -0.2) is 0 Å². The molecule has 5 aliphatic rings. The fraction of sp³-hybridized carbons (Fsp3) is 0.636. The molecule has 0 amide bonds. The van der Waals surface area contributed by atoms with Crippen molar-refractivity contribution in [3.8, 4) is 0 Å². The van der Waals surface area contributed by atoms with Crippen molar-refractivity contribution in [2.75, 3.05) is 11.5 Å². The smallest absolute Gasteiger partial charge is 0.178 e. The molecule has 1 N–H and O–H groups in total. The molecule has 0 radical (unpaired) electrons. The van der Waals surface area contributed by atoms with Gasteiger partial charge in [-0.3, -0.25) is 9.59 Å². The predicted molar refractivity (Wildman–Crippen MR) is 153 cm³/mol. The summed E-state index contributed by atoms with van der Waals surface area (Å²) in [5, 5.41) is 11.9. The molecule has 1 heterocycles. The Balaban J connectivity index is 1.27.